The van der Waals surface area contributed by atoms with Crippen LogP contribution in [0.15, 0.2) is 36.7 Å². The number of phenols is 1. The zero-order valence-corrected chi connectivity index (χ0v) is 7.08. The summed E-state index contributed by atoms with van der Waals surface area (Å²) in [4.78, 5) is 3.96. The van der Waals surface area contributed by atoms with Gasteiger partial charge in [-0.3, -0.25) is 4.98 Å². The van der Waals surface area contributed by atoms with E-state index in [-0.39, 0.29) is 12.4 Å². The van der Waals surface area contributed by atoms with E-state index in [4.69, 9.17) is 5.11 Å². The lowest BCUT2D eigenvalue weighted by atomic mass is 10.2. The molecule has 0 bridgehead atoms. The molecule has 0 atom stereocenters. The summed E-state index contributed by atoms with van der Waals surface area (Å²) in [6.45, 7) is 0. The third-order valence-electron chi connectivity index (χ3n) is 1.62. The van der Waals surface area contributed by atoms with Crippen LogP contribution in [0.1, 0.15) is 0 Å². The molecule has 0 spiro atoms. The molecule has 12 heavy (non-hydrogen) atoms. The minimum atomic E-state index is 0. The number of phenolic OH excluding ortho intramolecular Hbond substituents is 1. The lowest BCUT2D eigenvalue weighted by Crippen LogP contribution is -1.73. The number of aromatic nitrogens is 1. The Kier molecular flexibility index (Phi) is 2.51. The minimum absolute atomic E-state index is 0. The molecule has 0 fully saturated rings. The topological polar surface area (TPSA) is 33.1 Å². The summed E-state index contributed by atoms with van der Waals surface area (Å²) in [5.74, 6) is 0.295. The summed E-state index contributed by atoms with van der Waals surface area (Å²) in [5.41, 5.74) is 0. The second-order valence-corrected chi connectivity index (χ2v) is 2.41. The molecule has 2 nitrogen and oxygen atoms in total. The maximum Gasteiger partial charge on any atom is 0.116 e. The van der Waals surface area contributed by atoms with Crippen LogP contribution in [-0.2, 0) is 0 Å². The number of nitrogens with zero attached hydrogens (tertiary/aromatic N) is 1. The zero-order chi connectivity index (χ0) is 7.68. The van der Waals surface area contributed by atoms with E-state index >= 15 is 0 Å². The SMILES string of the molecule is Cl.Oc1ccc2cnccc2c1. The Morgan fingerprint density at radius 3 is 2.75 bits per heavy atom. The number of pyridine rings is 1. The van der Waals surface area contributed by atoms with Crippen molar-refractivity contribution < 1.29 is 5.11 Å². The quantitative estimate of drug-likeness (QED) is 0.677. The maximum atomic E-state index is 9.11. The van der Waals surface area contributed by atoms with E-state index < -0.39 is 0 Å². The van der Waals surface area contributed by atoms with Crippen LogP contribution in [0.5, 0.6) is 5.75 Å². The molecule has 0 unspecified atom stereocenters. The first kappa shape index (κ1) is 8.81. The average molecular weight is 182 g/mol. The van der Waals surface area contributed by atoms with Crippen LogP contribution >= 0.6 is 12.4 Å². The predicted octanol–water partition coefficient (Wildman–Crippen LogP) is 2.36. The fourth-order valence-electron chi connectivity index (χ4n) is 1.07. The van der Waals surface area contributed by atoms with Gasteiger partial charge in [-0.1, -0.05) is 0 Å². The highest BCUT2D eigenvalue weighted by atomic mass is 35.5. The Balaban J connectivity index is 0.000000720. The average Bonchev–Trinajstić information content (AvgIpc) is 2.04. The molecule has 1 aromatic heterocycles. The van der Waals surface area contributed by atoms with Crippen molar-refractivity contribution in [2.75, 3.05) is 0 Å². The molecule has 0 saturated heterocycles. The van der Waals surface area contributed by atoms with Crippen LogP contribution in [0.3, 0.4) is 0 Å². The lowest BCUT2D eigenvalue weighted by Gasteiger charge is -1.95. The van der Waals surface area contributed by atoms with Crippen LogP contribution in [0.4, 0.5) is 0 Å². The van der Waals surface area contributed by atoms with Gasteiger partial charge < -0.3 is 5.11 Å². The van der Waals surface area contributed by atoms with E-state index in [0.29, 0.717) is 5.75 Å². The molecule has 2 aromatic rings. The summed E-state index contributed by atoms with van der Waals surface area (Å²) < 4.78 is 0. The van der Waals surface area contributed by atoms with Gasteiger partial charge in [-0.25, -0.2) is 0 Å². The number of fused-ring (bicyclic) bond motifs is 1. The molecule has 0 saturated carbocycles. The van der Waals surface area contributed by atoms with Crippen molar-refractivity contribution in [3.8, 4) is 5.75 Å². The highest BCUT2D eigenvalue weighted by Gasteiger charge is 1.91. The van der Waals surface area contributed by atoms with Crippen molar-refractivity contribution in [3.63, 3.8) is 0 Å². The van der Waals surface area contributed by atoms with Gasteiger partial charge in [0.25, 0.3) is 0 Å². The molecule has 3 heteroatoms. The molecule has 0 aliphatic heterocycles. The molecular formula is C9H8ClNO. The summed E-state index contributed by atoms with van der Waals surface area (Å²) in [5, 5.41) is 11.2. The van der Waals surface area contributed by atoms with Gasteiger partial charge in [-0.2, -0.15) is 0 Å². The second-order valence-electron chi connectivity index (χ2n) is 2.41. The molecule has 1 heterocycles. The molecule has 0 amide bonds. The highest BCUT2D eigenvalue weighted by Crippen LogP contribution is 2.17. The van der Waals surface area contributed by atoms with Crippen LogP contribution in [0.2, 0.25) is 0 Å². The Hall–Kier alpha value is -1.28. The fraction of sp³-hybridized carbons (Fsp3) is 0. The predicted molar refractivity (Wildman–Crippen MR) is 50.7 cm³/mol. The number of aromatic hydroxyl groups is 1. The van der Waals surface area contributed by atoms with E-state index in [0.717, 1.165) is 10.8 Å². The van der Waals surface area contributed by atoms with Gasteiger partial charge in [0.2, 0.25) is 0 Å². The first-order valence-electron chi connectivity index (χ1n) is 3.39. The van der Waals surface area contributed by atoms with Crippen molar-refractivity contribution in [1.29, 1.82) is 0 Å². The monoisotopic (exact) mass is 181 g/mol. The largest absolute Gasteiger partial charge is 0.508 e. The van der Waals surface area contributed by atoms with Gasteiger partial charge in [0.1, 0.15) is 5.75 Å². The normalized spacial score (nSPS) is 9.33. The van der Waals surface area contributed by atoms with E-state index in [1.807, 2.05) is 12.1 Å². The number of hydrogen-bond acceptors (Lipinski definition) is 2. The Morgan fingerprint density at radius 2 is 1.92 bits per heavy atom. The molecule has 0 aliphatic carbocycles. The van der Waals surface area contributed by atoms with Crippen molar-refractivity contribution >= 4 is 23.2 Å². The summed E-state index contributed by atoms with van der Waals surface area (Å²) in [7, 11) is 0. The third-order valence-corrected chi connectivity index (χ3v) is 1.62. The van der Waals surface area contributed by atoms with Gasteiger partial charge in [-0.05, 0) is 29.7 Å². The first-order valence-corrected chi connectivity index (χ1v) is 3.39. The van der Waals surface area contributed by atoms with E-state index in [2.05, 4.69) is 4.98 Å². The van der Waals surface area contributed by atoms with Crippen LogP contribution in [0.25, 0.3) is 10.8 Å². The van der Waals surface area contributed by atoms with Gasteiger partial charge in [0.05, 0.1) is 0 Å². The Labute approximate surface area is 76.3 Å². The lowest BCUT2D eigenvalue weighted by molar-refractivity contribution is 0.476. The van der Waals surface area contributed by atoms with Gasteiger partial charge in [0, 0.05) is 17.8 Å². The Morgan fingerprint density at radius 1 is 1.08 bits per heavy atom. The molecule has 0 radical (unpaired) electrons. The zero-order valence-electron chi connectivity index (χ0n) is 6.27. The van der Waals surface area contributed by atoms with E-state index in [9.17, 15) is 0 Å². The standard InChI is InChI=1S/C9H7NO.ClH/c11-9-2-1-8-6-10-4-3-7(8)5-9;/h1-6,11H;1H. The van der Waals surface area contributed by atoms with E-state index in [1.54, 1.807) is 24.5 Å². The molecule has 62 valence electrons. The van der Waals surface area contributed by atoms with Crippen LogP contribution in [-0.4, -0.2) is 10.1 Å². The number of rotatable bonds is 0. The molecular weight excluding hydrogens is 174 g/mol. The molecule has 0 aliphatic rings. The number of benzene rings is 1. The number of halogens is 1. The minimum Gasteiger partial charge on any atom is -0.508 e. The van der Waals surface area contributed by atoms with E-state index in [1.165, 1.54) is 0 Å². The van der Waals surface area contributed by atoms with Crippen molar-refractivity contribution in [2.45, 2.75) is 0 Å². The fourth-order valence-corrected chi connectivity index (χ4v) is 1.07. The van der Waals surface area contributed by atoms with Crippen LogP contribution in [0, 0.1) is 0 Å². The first-order chi connectivity index (χ1) is 5.36. The summed E-state index contributed by atoms with van der Waals surface area (Å²) in [6.07, 6.45) is 3.48. The van der Waals surface area contributed by atoms with Crippen molar-refractivity contribution in [1.82, 2.24) is 4.98 Å². The summed E-state index contributed by atoms with van der Waals surface area (Å²) in [6, 6.07) is 7.09. The second kappa shape index (κ2) is 3.41. The van der Waals surface area contributed by atoms with Crippen LogP contribution < -0.4 is 0 Å². The van der Waals surface area contributed by atoms with Crippen molar-refractivity contribution in [2.24, 2.45) is 0 Å². The smallest absolute Gasteiger partial charge is 0.116 e. The molecule has 1 N–H and O–H groups in total. The maximum absolute atomic E-state index is 9.11. The molecule has 1 aromatic carbocycles. The van der Waals surface area contributed by atoms with Gasteiger partial charge in [0.15, 0.2) is 0 Å². The summed E-state index contributed by atoms with van der Waals surface area (Å²) >= 11 is 0. The number of hydrogen-bond donors (Lipinski definition) is 1. The van der Waals surface area contributed by atoms with Gasteiger partial charge >= 0.3 is 0 Å². The van der Waals surface area contributed by atoms with Gasteiger partial charge in [-0.15, -0.1) is 12.4 Å². The highest BCUT2D eigenvalue weighted by molar-refractivity contribution is 5.85. The Bertz CT molecular complexity index is 389. The molecule has 2 rings (SSSR count). The third kappa shape index (κ3) is 1.48. The van der Waals surface area contributed by atoms with Crippen molar-refractivity contribution in [3.05, 3.63) is 36.7 Å².